The molecule has 1 aliphatic heterocycles. The van der Waals surface area contributed by atoms with Crippen molar-refractivity contribution in [2.75, 3.05) is 19.6 Å². The lowest BCUT2D eigenvalue weighted by Gasteiger charge is -2.19. The summed E-state index contributed by atoms with van der Waals surface area (Å²) in [7, 11) is 0. The molecule has 1 aliphatic carbocycles. The fourth-order valence-corrected chi connectivity index (χ4v) is 3.94. The number of hydrogen-bond donors (Lipinski definition) is 1. The highest BCUT2D eigenvalue weighted by Gasteiger charge is 2.35. The van der Waals surface area contributed by atoms with Crippen LogP contribution in [0.5, 0.6) is 0 Å². The molecule has 2 nitrogen and oxygen atoms in total. The summed E-state index contributed by atoms with van der Waals surface area (Å²) in [5, 5.41) is 10.2. The second-order valence-electron chi connectivity index (χ2n) is 6.07. The van der Waals surface area contributed by atoms with Crippen molar-refractivity contribution in [2.45, 2.75) is 31.8 Å². The quantitative estimate of drug-likeness (QED) is 0.915. The average molecular weight is 324 g/mol. The predicted molar refractivity (Wildman–Crippen MR) is 81.0 cm³/mol. The lowest BCUT2D eigenvalue weighted by Crippen LogP contribution is -2.24. The maximum Gasteiger partial charge on any atom is 0.0802 e. The van der Waals surface area contributed by atoms with Gasteiger partial charge in [-0.1, -0.05) is 34.5 Å². The Morgan fingerprint density at radius 3 is 2.42 bits per heavy atom. The van der Waals surface area contributed by atoms with Crippen LogP contribution in [0, 0.1) is 11.8 Å². The molecule has 1 heterocycles. The summed E-state index contributed by atoms with van der Waals surface area (Å²) in [6.07, 6.45) is 4.81. The lowest BCUT2D eigenvalue weighted by molar-refractivity contribution is 0.146. The van der Waals surface area contributed by atoms with Gasteiger partial charge in [0.15, 0.2) is 0 Å². The Morgan fingerprint density at radius 1 is 1.16 bits per heavy atom. The number of likely N-dealkylation sites (tertiary alicyclic amines) is 1. The average Bonchev–Trinajstić information content (AvgIpc) is 2.97. The van der Waals surface area contributed by atoms with E-state index in [0.29, 0.717) is 0 Å². The van der Waals surface area contributed by atoms with Crippen molar-refractivity contribution < 1.29 is 5.11 Å². The highest BCUT2D eigenvalue weighted by atomic mass is 79.9. The first-order chi connectivity index (χ1) is 9.22. The molecule has 1 saturated carbocycles. The molecule has 104 valence electrons. The van der Waals surface area contributed by atoms with E-state index in [1.54, 1.807) is 0 Å². The van der Waals surface area contributed by atoms with Gasteiger partial charge in [-0.2, -0.15) is 0 Å². The summed E-state index contributed by atoms with van der Waals surface area (Å²) in [4.78, 5) is 2.55. The Kier molecular flexibility index (Phi) is 4.25. The van der Waals surface area contributed by atoms with Crippen molar-refractivity contribution in [3.8, 4) is 0 Å². The summed E-state index contributed by atoms with van der Waals surface area (Å²) >= 11 is 3.43. The first-order valence-electron chi connectivity index (χ1n) is 7.38. The van der Waals surface area contributed by atoms with Gasteiger partial charge in [-0.3, -0.25) is 0 Å². The number of hydrogen-bond acceptors (Lipinski definition) is 2. The number of rotatable bonds is 4. The molecule has 0 radical (unpaired) electrons. The van der Waals surface area contributed by atoms with Crippen LogP contribution in [0.1, 0.15) is 37.4 Å². The maximum atomic E-state index is 10.2. The fourth-order valence-electron chi connectivity index (χ4n) is 3.67. The topological polar surface area (TPSA) is 23.5 Å². The molecule has 0 spiro atoms. The van der Waals surface area contributed by atoms with Crippen molar-refractivity contribution in [1.82, 2.24) is 4.90 Å². The van der Waals surface area contributed by atoms with Crippen molar-refractivity contribution in [2.24, 2.45) is 11.8 Å². The lowest BCUT2D eigenvalue weighted by atomic mass is 10.0. The zero-order valence-electron chi connectivity index (χ0n) is 11.3. The molecule has 0 amide bonds. The van der Waals surface area contributed by atoms with Gasteiger partial charge in [0.1, 0.15) is 0 Å². The Labute approximate surface area is 123 Å². The van der Waals surface area contributed by atoms with Gasteiger partial charge in [0, 0.05) is 24.1 Å². The largest absolute Gasteiger partial charge is 0.388 e. The van der Waals surface area contributed by atoms with E-state index in [9.17, 15) is 5.11 Å². The molecule has 1 N–H and O–H groups in total. The fraction of sp³-hybridized carbons (Fsp3) is 0.625. The minimum absolute atomic E-state index is 0.325. The maximum absolute atomic E-state index is 10.2. The first-order valence-corrected chi connectivity index (χ1v) is 8.17. The van der Waals surface area contributed by atoms with Gasteiger partial charge < -0.3 is 10.0 Å². The van der Waals surface area contributed by atoms with Crippen LogP contribution in [0.15, 0.2) is 28.7 Å². The molecule has 1 saturated heterocycles. The molecule has 19 heavy (non-hydrogen) atoms. The van der Waals surface area contributed by atoms with E-state index in [2.05, 4.69) is 20.8 Å². The highest BCUT2D eigenvalue weighted by Crippen LogP contribution is 2.37. The smallest absolute Gasteiger partial charge is 0.0802 e. The molecular weight excluding hydrogens is 302 g/mol. The molecule has 0 aromatic heterocycles. The molecule has 0 bridgehead atoms. The van der Waals surface area contributed by atoms with E-state index in [1.165, 1.54) is 32.4 Å². The van der Waals surface area contributed by atoms with Gasteiger partial charge in [-0.15, -0.1) is 0 Å². The van der Waals surface area contributed by atoms with Crippen LogP contribution in [0.25, 0.3) is 0 Å². The minimum atomic E-state index is -0.325. The highest BCUT2D eigenvalue weighted by molar-refractivity contribution is 9.10. The number of fused-ring (bicyclic) bond motifs is 1. The van der Waals surface area contributed by atoms with Gasteiger partial charge in [-0.05, 0) is 48.8 Å². The third kappa shape index (κ3) is 3.21. The van der Waals surface area contributed by atoms with Gasteiger partial charge in [0.05, 0.1) is 6.10 Å². The van der Waals surface area contributed by atoms with Crippen LogP contribution < -0.4 is 0 Å². The molecular formula is C16H22BrNO. The summed E-state index contributed by atoms with van der Waals surface area (Å²) in [6.45, 7) is 3.56. The normalized spacial score (nSPS) is 28.5. The van der Waals surface area contributed by atoms with Crippen molar-refractivity contribution in [1.29, 1.82) is 0 Å². The zero-order chi connectivity index (χ0) is 13.2. The van der Waals surface area contributed by atoms with E-state index in [0.717, 1.165) is 34.8 Å². The molecule has 2 aliphatic rings. The third-order valence-corrected chi connectivity index (χ3v) is 5.30. The number of benzene rings is 1. The first kappa shape index (κ1) is 13.6. The number of aliphatic hydroxyl groups excluding tert-OH is 1. The standard InChI is InChI=1S/C16H22BrNO/c17-15-6-4-12(5-7-15)16(19)8-9-18-10-13-2-1-3-14(13)11-18/h4-7,13-14,16,19H,1-3,8-11H2. The SMILES string of the molecule is OC(CCN1CC2CCCC2C1)c1ccc(Br)cc1. The van der Waals surface area contributed by atoms with Crippen molar-refractivity contribution >= 4 is 15.9 Å². The summed E-state index contributed by atoms with van der Waals surface area (Å²) in [5.41, 5.74) is 1.03. The van der Waals surface area contributed by atoms with Gasteiger partial charge >= 0.3 is 0 Å². The molecule has 3 atom stereocenters. The minimum Gasteiger partial charge on any atom is -0.388 e. The Hall–Kier alpha value is -0.380. The predicted octanol–water partition coefficient (Wildman–Crippen LogP) is 3.60. The van der Waals surface area contributed by atoms with E-state index < -0.39 is 0 Å². The number of nitrogens with zero attached hydrogens (tertiary/aromatic N) is 1. The zero-order valence-corrected chi connectivity index (χ0v) is 12.8. The monoisotopic (exact) mass is 323 g/mol. The van der Waals surface area contributed by atoms with E-state index >= 15 is 0 Å². The molecule has 2 fully saturated rings. The summed E-state index contributed by atoms with van der Waals surface area (Å²) in [6, 6.07) is 8.01. The van der Waals surface area contributed by atoms with Crippen LogP contribution in [0.2, 0.25) is 0 Å². The number of halogens is 1. The van der Waals surface area contributed by atoms with E-state index in [1.807, 2.05) is 24.3 Å². The second-order valence-corrected chi connectivity index (χ2v) is 6.98. The van der Waals surface area contributed by atoms with Crippen LogP contribution in [-0.2, 0) is 0 Å². The summed E-state index contributed by atoms with van der Waals surface area (Å²) < 4.78 is 1.07. The van der Waals surface area contributed by atoms with E-state index in [-0.39, 0.29) is 6.10 Å². The molecule has 3 unspecified atom stereocenters. The van der Waals surface area contributed by atoms with Crippen LogP contribution in [0.3, 0.4) is 0 Å². The Morgan fingerprint density at radius 2 is 1.79 bits per heavy atom. The molecule has 1 aromatic carbocycles. The van der Waals surface area contributed by atoms with Crippen molar-refractivity contribution in [3.05, 3.63) is 34.3 Å². The van der Waals surface area contributed by atoms with Crippen LogP contribution in [-0.4, -0.2) is 29.6 Å². The van der Waals surface area contributed by atoms with Gasteiger partial charge in [0.2, 0.25) is 0 Å². The van der Waals surface area contributed by atoms with Crippen molar-refractivity contribution in [3.63, 3.8) is 0 Å². The summed E-state index contributed by atoms with van der Waals surface area (Å²) in [5.74, 6) is 1.90. The Bertz CT molecular complexity index is 407. The third-order valence-electron chi connectivity index (χ3n) is 4.78. The number of aliphatic hydroxyl groups is 1. The molecule has 1 aromatic rings. The Balaban J connectivity index is 1.48. The molecule has 3 heteroatoms. The van der Waals surface area contributed by atoms with Crippen LogP contribution >= 0.6 is 15.9 Å². The van der Waals surface area contributed by atoms with Crippen LogP contribution in [0.4, 0.5) is 0 Å². The van der Waals surface area contributed by atoms with Gasteiger partial charge in [-0.25, -0.2) is 0 Å². The van der Waals surface area contributed by atoms with Gasteiger partial charge in [0.25, 0.3) is 0 Å². The van der Waals surface area contributed by atoms with E-state index in [4.69, 9.17) is 0 Å². The second kappa shape index (κ2) is 5.94. The molecule has 3 rings (SSSR count).